The molecule has 0 aliphatic carbocycles. The van der Waals surface area contributed by atoms with E-state index in [-0.39, 0.29) is 58.2 Å². The first-order valence-corrected chi connectivity index (χ1v) is 6.06. The maximum atomic E-state index is 9.87. The average molecular weight is 375 g/mol. The second-order valence-corrected chi connectivity index (χ2v) is 2.80. The minimum Gasteiger partial charge on any atom is -0.481 e. The zero-order valence-electron chi connectivity index (χ0n) is 13.5. The summed E-state index contributed by atoms with van der Waals surface area (Å²) in [6.45, 7) is 11.0. The first-order valence-electron chi connectivity index (χ1n) is 6.06. The Morgan fingerprint density at radius 3 is 1.05 bits per heavy atom. The van der Waals surface area contributed by atoms with Crippen LogP contribution < -0.4 is 0 Å². The molecule has 4 N–H and O–H groups in total. The number of carboxylic acid groups (broad SMARTS) is 1. The van der Waals surface area contributed by atoms with Gasteiger partial charge >= 0.3 is 5.97 Å². The molecule has 0 fully saturated rings. The number of aliphatic carboxylic acids is 1. The van der Waals surface area contributed by atoms with Crippen LogP contribution >= 0.6 is 0 Å². The number of rotatable bonds is 2. The quantitative estimate of drug-likeness (QED) is 0.427. The predicted octanol–water partition coefficient (Wildman–Crippen LogP) is 1.27. The summed E-state index contributed by atoms with van der Waals surface area (Å²) >= 11 is 0. The first kappa shape index (κ1) is 36.8. The molecular formula is C13H31O6Zr-. The molecule has 7 heteroatoms. The van der Waals surface area contributed by atoms with Crippen molar-refractivity contribution in [1.29, 1.82) is 0 Å². The number of ketones is 1. The van der Waals surface area contributed by atoms with Crippen molar-refractivity contribution in [1.82, 2.24) is 0 Å². The van der Waals surface area contributed by atoms with E-state index in [4.69, 9.17) is 20.4 Å². The molecule has 0 atom stereocenters. The van der Waals surface area contributed by atoms with Crippen molar-refractivity contribution in [2.75, 3.05) is 19.8 Å². The molecule has 6 nitrogen and oxygen atoms in total. The molecule has 0 aromatic heterocycles. The molecule has 0 spiro atoms. The number of carbonyl (C=O) groups is 2. The van der Waals surface area contributed by atoms with Crippen molar-refractivity contribution >= 4 is 11.8 Å². The summed E-state index contributed by atoms with van der Waals surface area (Å²) in [6, 6.07) is 0. The van der Waals surface area contributed by atoms with E-state index in [2.05, 4.69) is 0 Å². The average Bonchev–Trinajstić information content (AvgIpc) is 2.19. The Morgan fingerprint density at radius 2 is 1.05 bits per heavy atom. The van der Waals surface area contributed by atoms with E-state index < -0.39 is 5.97 Å². The van der Waals surface area contributed by atoms with Gasteiger partial charge in [-0.2, -0.15) is 13.8 Å². The van der Waals surface area contributed by atoms with Crippen LogP contribution in [0.5, 0.6) is 0 Å². The van der Waals surface area contributed by atoms with Crippen LogP contribution in [0.2, 0.25) is 0 Å². The molecule has 0 aromatic rings. The number of carboxylic acids is 1. The van der Waals surface area contributed by atoms with Crippen LogP contribution in [0, 0.1) is 6.42 Å². The molecule has 20 heavy (non-hydrogen) atoms. The fourth-order valence-corrected chi connectivity index (χ4v) is 0.213. The third-order valence-corrected chi connectivity index (χ3v) is 0.400. The summed E-state index contributed by atoms with van der Waals surface area (Å²) in [7, 11) is 0. The molecule has 0 heterocycles. The van der Waals surface area contributed by atoms with E-state index in [0.29, 0.717) is 0 Å². The van der Waals surface area contributed by atoms with Gasteiger partial charge in [0.2, 0.25) is 0 Å². The third kappa shape index (κ3) is 336. The molecule has 0 radical (unpaired) electrons. The van der Waals surface area contributed by atoms with Gasteiger partial charge in [-0.3, -0.25) is 9.59 Å². The number of aliphatic hydroxyl groups excluding tert-OH is 3. The summed E-state index contributed by atoms with van der Waals surface area (Å²) in [6.07, 6.45) is 1.64. The molecule has 0 unspecified atom stereocenters. The second-order valence-electron chi connectivity index (χ2n) is 2.80. The van der Waals surface area contributed by atoms with Gasteiger partial charge in [-0.25, -0.2) is 0 Å². The van der Waals surface area contributed by atoms with E-state index in [1.807, 2.05) is 20.3 Å². The summed E-state index contributed by atoms with van der Waals surface area (Å²) in [5, 5.41) is 30.6. The molecule has 0 rings (SSSR count). The van der Waals surface area contributed by atoms with E-state index in [9.17, 15) is 9.59 Å². The van der Waals surface area contributed by atoms with Gasteiger partial charge in [-0.15, -0.1) is 0 Å². The first-order chi connectivity index (χ1) is 8.78. The van der Waals surface area contributed by atoms with Crippen LogP contribution in [-0.4, -0.2) is 52.0 Å². The molecule has 0 amide bonds. The molecule has 124 valence electrons. The van der Waals surface area contributed by atoms with Gasteiger partial charge in [0.25, 0.3) is 0 Å². The summed E-state index contributed by atoms with van der Waals surface area (Å²) in [5.74, 6) is -1.37. The van der Waals surface area contributed by atoms with E-state index in [1.165, 1.54) is 6.92 Å². The van der Waals surface area contributed by atoms with Gasteiger partial charge in [0.1, 0.15) is 12.2 Å². The number of Topliss-reactive ketones (excluding diaryl/α,β-unsaturated/α-hetero) is 1. The van der Waals surface area contributed by atoms with E-state index in [0.717, 1.165) is 0 Å². The maximum absolute atomic E-state index is 9.87. The minimum atomic E-state index is -1.06. The molecule has 0 aliphatic heterocycles. The largest absolute Gasteiger partial charge is 0.481 e. The van der Waals surface area contributed by atoms with E-state index in [1.54, 1.807) is 20.8 Å². The van der Waals surface area contributed by atoms with Crippen molar-refractivity contribution in [2.24, 2.45) is 0 Å². The van der Waals surface area contributed by atoms with Crippen molar-refractivity contribution < 1.29 is 56.2 Å². The number of aliphatic hydroxyl groups is 3. The minimum absolute atomic E-state index is 0. The molecular weight excluding hydrogens is 343 g/mol. The second kappa shape index (κ2) is 51.0. The Morgan fingerprint density at radius 1 is 0.900 bits per heavy atom. The van der Waals surface area contributed by atoms with Crippen molar-refractivity contribution in [3.63, 3.8) is 0 Å². The standard InChI is InChI=1S/C4H6O3.C3H7.3C2H6O.Zr/c1-3(5)2-4(6)7;1-3-2;3*1-2-3;/h2H2,1H3,(H,6,7);3H,1-2H3;3*3H,2H2,1H3;/q;-1;;;;. The molecule has 0 saturated carbocycles. The van der Waals surface area contributed by atoms with Crippen LogP contribution in [0.3, 0.4) is 0 Å². The van der Waals surface area contributed by atoms with E-state index >= 15 is 0 Å². The Hall–Kier alpha value is -0.0969. The Labute approximate surface area is 142 Å². The van der Waals surface area contributed by atoms with Gasteiger partial charge < -0.3 is 26.8 Å². The van der Waals surface area contributed by atoms with Gasteiger partial charge in [-0.1, -0.05) is 0 Å². The smallest absolute Gasteiger partial charge is 0.310 e. The van der Waals surface area contributed by atoms with Crippen LogP contribution in [0.15, 0.2) is 0 Å². The Bertz CT molecular complexity index is 134. The maximum Gasteiger partial charge on any atom is 0.310 e. The van der Waals surface area contributed by atoms with Crippen molar-refractivity contribution in [2.45, 2.75) is 48.0 Å². The van der Waals surface area contributed by atoms with Gasteiger partial charge in [0.05, 0.1) is 0 Å². The monoisotopic (exact) mass is 373 g/mol. The molecule has 0 aromatic carbocycles. The summed E-state index contributed by atoms with van der Waals surface area (Å²) < 4.78 is 0. The van der Waals surface area contributed by atoms with Gasteiger partial charge in [0.15, 0.2) is 0 Å². The SMILES string of the molecule is CC(=O)CC(=O)O.CCO.CCO.CCO.C[CH-]C.[Zr]. The van der Waals surface area contributed by atoms with Gasteiger partial charge in [-0.05, 0) is 27.7 Å². The summed E-state index contributed by atoms with van der Waals surface area (Å²) in [4.78, 5) is 19.5. The zero-order chi connectivity index (χ0) is 16.7. The zero-order valence-corrected chi connectivity index (χ0v) is 16.0. The third-order valence-electron chi connectivity index (χ3n) is 0.400. The van der Waals surface area contributed by atoms with Crippen LogP contribution in [-0.2, 0) is 35.8 Å². The summed E-state index contributed by atoms with van der Waals surface area (Å²) in [5.41, 5.74) is 0. The van der Waals surface area contributed by atoms with Crippen LogP contribution in [0.1, 0.15) is 48.0 Å². The number of hydrogen-bond acceptors (Lipinski definition) is 5. The predicted molar refractivity (Wildman–Crippen MR) is 76.9 cm³/mol. The molecule has 0 bridgehead atoms. The van der Waals surface area contributed by atoms with Crippen LogP contribution in [0.25, 0.3) is 0 Å². The Kier molecular flexibility index (Phi) is 93.8. The fourth-order valence-electron chi connectivity index (χ4n) is 0.213. The molecule has 0 aliphatic rings. The topological polar surface area (TPSA) is 115 Å². The normalized spacial score (nSPS) is 6.45. The van der Waals surface area contributed by atoms with Crippen LogP contribution in [0.4, 0.5) is 0 Å². The van der Waals surface area contributed by atoms with Crippen molar-refractivity contribution in [3.8, 4) is 0 Å². The fraction of sp³-hybridized carbons (Fsp3) is 0.769. The Balaban J connectivity index is -0.0000000326. The van der Waals surface area contributed by atoms with Gasteiger partial charge in [0, 0.05) is 46.0 Å². The molecule has 0 saturated heterocycles. The number of carbonyl (C=O) groups excluding carboxylic acids is 1. The number of hydrogen-bond donors (Lipinski definition) is 4. The van der Waals surface area contributed by atoms with Crippen molar-refractivity contribution in [3.05, 3.63) is 6.42 Å².